The zero-order valence-corrected chi connectivity index (χ0v) is 9.33. The molecule has 2 N–H and O–H groups in total. The Labute approximate surface area is 90.9 Å². The van der Waals surface area contributed by atoms with Crippen LogP contribution >= 0.6 is 12.4 Å². The van der Waals surface area contributed by atoms with Crippen molar-refractivity contribution in [3.05, 3.63) is 0 Å². The third kappa shape index (κ3) is 10.2. The standard InChI is InChI=1S/C8H19NO4.ClH/c1-2-3-4-9(12-7-5-10)13-8-6-11;/h10-11H,2-8H2,1H3;1H. The fraction of sp³-hybridized carbons (Fsp3) is 1.00. The molecule has 0 aromatic heterocycles. The number of rotatable bonds is 9. The summed E-state index contributed by atoms with van der Waals surface area (Å²) in [5, 5.41) is 18.3. The number of nitrogens with zero attached hydrogens (tertiary/aromatic N) is 1. The molecule has 0 saturated heterocycles. The van der Waals surface area contributed by atoms with E-state index < -0.39 is 0 Å². The molecule has 0 atom stereocenters. The molecule has 0 heterocycles. The normalized spacial score (nSPS) is 10.3. The van der Waals surface area contributed by atoms with E-state index >= 15 is 0 Å². The minimum Gasteiger partial charge on any atom is -0.394 e. The highest BCUT2D eigenvalue weighted by molar-refractivity contribution is 5.85. The van der Waals surface area contributed by atoms with Gasteiger partial charge in [-0.05, 0) is 6.42 Å². The Balaban J connectivity index is 0. The van der Waals surface area contributed by atoms with Crippen LogP contribution in [-0.4, -0.2) is 48.4 Å². The van der Waals surface area contributed by atoms with E-state index in [1.165, 1.54) is 5.23 Å². The summed E-state index contributed by atoms with van der Waals surface area (Å²) in [5.41, 5.74) is 0. The number of aliphatic hydroxyl groups is 2. The van der Waals surface area contributed by atoms with Crippen molar-refractivity contribution in [1.82, 2.24) is 5.23 Å². The summed E-state index contributed by atoms with van der Waals surface area (Å²) in [6.07, 6.45) is 2.00. The van der Waals surface area contributed by atoms with Crippen molar-refractivity contribution in [2.45, 2.75) is 19.8 Å². The lowest BCUT2D eigenvalue weighted by Gasteiger charge is -2.19. The molecule has 6 heteroatoms. The van der Waals surface area contributed by atoms with Crippen molar-refractivity contribution in [3.63, 3.8) is 0 Å². The monoisotopic (exact) mass is 229 g/mol. The molecule has 0 aliphatic rings. The molecule has 0 fully saturated rings. The van der Waals surface area contributed by atoms with Gasteiger partial charge in [0.2, 0.25) is 0 Å². The first-order valence-electron chi connectivity index (χ1n) is 4.60. The quantitative estimate of drug-likeness (QED) is 0.559. The molecule has 88 valence electrons. The van der Waals surface area contributed by atoms with Crippen molar-refractivity contribution < 1.29 is 19.9 Å². The van der Waals surface area contributed by atoms with Gasteiger partial charge in [0.25, 0.3) is 0 Å². The fourth-order valence-electron chi connectivity index (χ4n) is 0.739. The fourth-order valence-corrected chi connectivity index (χ4v) is 0.739. The van der Waals surface area contributed by atoms with E-state index in [0.717, 1.165) is 12.8 Å². The van der Waals surface area contributed by atoms with E-state index in [4.69, 9.17) is 19.9 Å². The Bertz CT molecular complexity index is 88.3. The molecule has 0 aromatic rings. The maximum Gasteiger partial charge on any atom is 0.0942 e. The minimum atomic E-state index is -0.0366. The average molecular weight is 230 g/mol. The Kier molecular flexibility index (Phi) is 15.4. The zero-order chi connectivity index (χ0) is 9.94. The van der Waals surface area contributed by atoms with Gasteiger partial charge in [-0.15, -0.1) is 12.4 Å². The van der Waals surface area contributed by atoms with E-state index in [1.807, 2.05) is 0 Å². The Morgan fingerprint density at radius 1 is 1.07 bits per heavy atom. The Hall–Kier alpha value is 0.0900. The Morgan fingerprint density at radius 2 is 1.57 bits per heavy atom. The first kappa shape index (κ1) is 16.5. The van der Waals surface area contributed by atoms with E-state index in [-0.39, 0.29) is 38.8 Å². The number of aliphatic hydroxyl groups excluding tert-OH is 2. The predicted molar refractivity (Wildman–Crippen MR) is 54.9 cm³/mol. The molecule has 0 bridgehead atoms. The summed E-state index contributed by atoms with van der Waals surface area (Å²) < 4.78 is 0. The topological polar surface area (TPSA) is 62.2 Å². The van der Waals surface area contributed by atoms with Crippen molar-refractivity contribution in [1.29, 1.82) is 0 Å². The molecule has 0 amide bonds. The van der Waals surface area contributed by atoms with E-state index in [1.54, 1.807) is 0 Å². The molecule has 0 unspecified atom stereocenters. The molecular formula is C8H20ClNO4. The van der Waals surface area contributed by atoms with Gasteiger partial charge < -0.3 is 10.2 Å². The van der Waals surface area contributed by atoms with Crippen LogP contribution in [0.5, 0.6) is 0 Å². The summed E-state index contributed by atoms with van der Waals surface area (Å²) in [6.45, 7) is 3.08. The summed E-state index contributed by atoms with van der Waals surface area (Å²) in [7, 11) is 0. The summed E-state index contributed by atoms with van der Waals surface area (Å²) in [6, 6.07) is 0. The lowest BCUT2D eigenvalue weighted by atomic mass is 10.3. The highest BCUT2D eigenvalue weighted by Crippen LogP contribution is 1.97. The van der Waals surface area contributed by atoms with Crippen LogP contribution in [0.15, 0.2) is 0 Å². The van der Waals surface area contributed by atoms with Gasteiger partial charge in [-0.1, -0.05) is 18.6 Å². The van der Waals surface area contributed by atoms with Crippen molar-refractivity contribution in [3.8, 4) is 0 Å². The van der Waals surface area contributed by atoms with Gasteiger partial charge in [0.1, 0.15) is 0 Å². The molecule has 0 aliphatic carbocycles. The number of halogens is 1. The molecule has 0 aliphatic heterocycles. The summed E-state index contributed by atoms with van der Waals surface area (Å²) in [4.78, 5) is 10.1. The van der Waals surface area contributed by atoms with E-state index in [0.29, 0.717) is 6.54 Å². The number of unbranched alkanes of at least 4 members (excludes halogenated alkanes) is 1. The van der Waals surface area contributed by atoms with Gasteiger partial charge in [0, 0.05) is 0 Å². The number of hydrogen-bond donors (Lipinski definition) is 2. The first-order valence-corrected chi connectivity index (χ1v) is 4.60. The first-order chi connectivity index (χ1) is 6.35. The van der Waals surface area contributed by atoms with Crippen LogP contribution in [0.3, 0.4) is 0 Å². The number of hydrogen-bond acceptors (Lipinski definition) is 5. The molecule has 0 saturated carbocycles. The van der Waals surface area contributed by atoms with Crippen LogP contribution < -0.4 is 0 Å². The van der Waals surface area contributed by atoms with Gasteiger partial charge in [-0.2, -0.15) is 0 Å². The smallest absolute Gasteiger partial charge is 0.0942 e. The van der Waals surface area contributed by atoms with Crippen molar-refractivity contribution >= 4 is 12.4 Å². The highest BCUT2D eigenvalue weighted by atomic mass is 35.5. The lowest BCUT2D eigenvalue weighted by Crippen LogP contribution is -2.28. The second-order valence-electron chi connectivity index (χ2n) is 2.52. The van der Waals surface area contributed by atoms with Gasteiger partial charge >= 0.3 is 0 Å². The highest BCUT2D eigenvalue weighted by Gasteiger charge is 2.03. The lowest BCUT2D eigenvalue weighted by molar-refractivity contribution is -0.371. The average Bonchev–Trinajstić information content (AvgIpc) is 2.17. The minimum absolute atomic E-state index is 0. The van der Waals surface area contributed by atoms with Crippen LogP contribution in [-0.2, 0) is 9.68 Å². The van der Waals surface area contributed by atoms with Crippen LogP contribution in [0.2, 0.25) is 0 Å². The Morgan fingerprint density at radius 3 is 1.93 bits per heavy atom. The largest absolute Gasteiger partial charge is 0.394 e. The van der Waals surface area contributed by atoms with Crippen molar-refractivity contribution in [2.24, 2.45) is 0 Å². The SMILES string of the molecule is CCCCN(OCCO)OCCO.Cl. The molecule has 14 heavy (non-hydrogen) atoms. The molecular weight excluding hydrogens is 210 g/mol. The number of hydroxylamine groups is 2. The van der Waals surface area contributed by atoms with Crippen molar-refractivity contribution in [2.75, 3.05) is 33.0 Å². The van der Waals surface area contributed by atoms with Crippen LogP contribution in [0.1, 0.15) is 19.8 Å². The third-order valence-corrected chi connectivity index (χ3v) is 1.35. The van der Waals surface area contributed by atoms with Gasteiger partial charge in [-0.3, -0.25) is 9.68 Å². The summed E-state index contributed by atoms with van der Waals surface area (Å²) in [5.74, 6) is 0. The third-order valence-electron chi connectivity index (χ3n) is 1.35. The molecule has 5 nitrogen and oxygen atoms in total. The predicted octanol–water partition coefficient (Wildman–Crippen LogP) is 0.358. The second kappa shape index (κ2) is 13.1. The van der Waals surface area contributed by atoms with E-state index in [9.17, 15) is 0 Å². The van der Waals surface area contributed by atoms with Crippen LogP contribution in [0.4, 0.5) is 0 Å². The molecule has 0 spiro atoms. The maximum absolute atomic E-state index is 8.51. The molecule has 0 rings (SSSR count). The maximum atomic E-state index is 8.51. The van der Waals surface area contributed by atoms with Gasteiger partial charge in [0.05, 0.1) is 33.0 Å². The van der Waals surface area contributed by atoms with E-state index in [2.05, 4.69) is 6.92 Å². The van der Waals surface area contributed by atoms with Gasteiger partial charge in [0.15, 0.2) is 0 Å². The van der Waals surface area contributed by atoms with Gasteiger partial charge in [-0.25, -0.2) is 0 Å². The van der Waals surface area contributed by atoms with Crippen LogP contribution in [0, 0.1) is 0 Å². The zero-order valence-electron chi connectivity index (χ0n) is 8.52. The summed E-state index contributed by atoms with van der Waals surface area (Å²) >= 11 is 0. The second-order valence-corrected chi connectivity index (χ2v) is 2.52. The molecule has 0 aromatic carbocycles. The van der Waals surface area contributed by atoms with Crippen LogP contribution in [0.25, 0.3) is 0 Å². The molecule has 0 radical (unpaired) electrons.